The van der Waals surface area contributed by atoms with Crippen molar-refractivity contribution in [3.05, 3.63) is 42.2 Å². The molecular formula is C13H20N2. The zero-order valence-corrected chi connectivity index (χ0v) is 9.66. The number of nitrogens with one attached hydrogen (secondary N) is 1. The lowest BCUT2D eigenvalue weighted by atomic mass is 10.0. The van der Waals surface area contributed by atoms with Gasteiger partial charge in [0.15, 0.2) is 0 Å². The second kappa shape index (κ2) is 6.36. The molecule has 0 spiro atoms. The Morgan fingerprint density at radius 1 is 1.53 bits per heavy atom. The maximum atomic E-state index is 4.33. The Bertz CT molecular complexity index is 293. The molecule has 1 aromatic rings. The molecule has 1 N–H and O–H groups in total. The molecule has 0 saturated heterocycles. The van der Waals surface area contributed by atoms with E-state index in [9.17, 15) is 0 Å². The lowest BCUT2D eigenvalue weighted by Gasteiger charge is -2.18. The Labute approximate surface area is 92.4 Å². The van der Waals surface area contributed by atoms with E-state index in [1.165, 1.54) is 5.57 Å². The molecule has 1 unspecified atom stereocenters. The average Bonchev–Trinajstić information content (AvgIpc) is 2.25. The van der Waals surface area contributed by atoms with Gasteiger partial charge in [0.05, 0.1) is 0 Å². The highest BCUT2D eigenvalue weighted by Gasteiger charge is 2.09. The molecule has 2 heteroatoms. The highest BCUT2D eigenvalue weighted by Crippen LogP contribution is 2.06. The summed E-state index contributed by atoms with van der Waals surface area (Å²) in [6.07, 6.45) is 3.91. The topological polar surface area (TPSA) is 24.9 Å². The minimum Gasteiger partial charge on any atom is -0.310 e. The van der Waals surface area contributed by atoms with Crippen LogP contribution in [0.4, 0.5) is 0 Å². The zero-order valence-electron chi connectivity index (χ0n) is 9.66. The van der Waals surface area contributed by atoms with Crippen molar-refractivity contribution in [1.82, 2.24) is 10.3 Å². The molecule has 1 rings (SSSR count). The van der Waals surface area contributed by atoms with E-state index in [1.54, 1.807) is 0 Å². The summed E-state index contributed by atoms with van der Waals surface area (Å²) in [5.74, 6) is 0. The molecular weight excluding hydrogens is 184 g/mol. The van der Waals surface area contributed by atoms with Gasteiger partial charge in [0.2, 0.25) is 0 Å². The molecule has 1 heterocycles. The Hall–Kier alpha value is -1.15. The van der Waals surface area contributed by atoms with Crippen molar-refractivity contribution in [1.29, 1.82) is 0 Å². The molecule has 0 saturated carbocycles. The third kappa shape index (κ3) is 4.26. The molecule has 1 atom stereocenters. The van der Waals surface area contributed by atoms with Gasteiger partial charge in [-0.25, -0.2) is 0 Å². The van der Waals surface area contributed by atoms with E-state index in [-0.39, 0.29) is 0 Å². The SMILES string of the molecule is C=C(C)C(Cc1ccccn1)NCCC. The van der Waals surface area contributed by atoms with Crippen LogP contribution in [0.3, 0.4) is 0 Å². The summed E-state index contributed by atoms with van der Waals surface area (Å²) >= 11 is 0. The number of aromatic nitrogens is 1. The second-order valence-electron chi connectivity index (χ2n) is 3.88. The van der Waals surface area contributed by atoms with Crippen LogP contribution in [0.1, 0.15) is 26.0 Å². The number of hydrogen-bond donors (Lipinski definition) is 1. The van der Waals surface area contributed by atoms with Gasteiger partial charge in [0.25, 0.3) is 0 Å². The van der Waals surface area contributed by atoms with Crippen LogP contribution in [0.5, 0.6) is 0 Å². The third-order valence-corrected chi connectivity index (χ3v) is 2.38. The molecule has 0 aliphatic carbocycles. The van der Waals surface area contributed by atoms with Gasteiger partial charge >= 0.3 is 0 Å². The monoisotopic (exact) mass is 204 g/mol. The summed E-state index contributed by atoms with van der Waals surface area (Å²) in [7, 11) is 0. The van der Waals surface area contributed by atoms with Crippen LogP contribution >= 0.6 is 0 Å². The van der Waals surface area contributed by atoms with Crippen molar-refractivity contribution in [3.63, 3.8) is 0 Å². The van der Waals surface area contributed by atoms with Crippen LogP contribution in [0, 0.1) is 0 Å². The first kappa shape index (κ1) is 11.9. The second-order valence-corrected chi connectivity index (χ2v) is 3.88. The predicted molar refractivity (Wildman–Crippen MR) is 64.8 cm³/mol. The molecule has 0 aliphatic heterocycles. The van der Waals surface area contributed by atoms with Crippen molar-refractivity contribution in [2.45, 2.75) is 32.7 Å². The van der Waals surface area contributed by atoms with Gasteiger partial charge in [0.1, 0.15) is 0 Å². The van der Waals surface area contributed by atoms with E-state index in [2.05, 4.69) is 36.8 Å². The Kier molecular flexibility index (Phi) is 5.05. The summed E-state index contributed by atoms with van der Waals surface area (Å²) in [4.78, 5) is 4.33. The highest BCUT2D eigenvalue weighted by molar-refractivity contribution is 5.11. The fraction of sp³-hybridized carbons (Fsp3) is 0.462. The Morgan fingerprint density at radius 2 is 2.33 bits per heavy atom. The van der Waals surface area contributed by atoms with Crippen molar-refractivity contribution >= 4 is 0 Å². The maximum Gasteiger partial charge on any atom is 0.0422 e. The standard InChI is InChI=1S/C13H20N2/c1-4-8-15-13(11(2)3)10-12-7-5-6-9-14-12/h5-7,9,13,15H,2,4,8,10H2,1,3H3. The summed E-state index contributed by atoms with van der Waals surface area (Å²) in [5.41, 5.74) is 2.29. The largest absolute Gasteiger partial charge is 0.310 e. The molecule has 15 heavy (non-hydrogen) atoms. The van der Waals surface area contributed by atoms with Crippen LogP contribution in [0.2, 0.25) is 0 Å². The number of hydrogen-bond acceptors (Lipinski definition) is 2. The first-order valence-corrected chi connectivity index (χ1v) is 5.52. The van der Waals surface area contributed by atoms with E-state index in [0.29, 0.717) is 6.04 Å². The number of nitrogens with zero attached hydrogens (tertiary/aromatic N) is 1. The lowest BCUT2D eigenvalue weighted by Crippen LogP contribution is -2.32. The molecule has 1 aromatic heterocycles. The van der Waals surface area contributed by atoms with Crippen LogP contribution in [0.15, 0.2) is 36.5 Å². The fourth-order valence-corrected chi connectivity index (χ4v) is 1.47. The van der Waals surface area contributed by atoms with E-state index >= 15 is 0 Å². The summed E-state index contributed by atoms with van der Waals surface area (Å²) < 4.78 is 0. The molecule has 0 fully saturated rings. The van der Waals surface area contributed by atoms with Crippen molar-refractivity contribution in [2.24, 2.45) is 0 Å². The predicted octanol–water partition coefficient (Wildman–Crippen LogP) is 2.57. The lowest BCUT2D eigenvalue weighted by molar-refractivity contribution is 0.559. The van der Waals surface area contributed by atoms with E-state index in [1.807, 2.05) is 18.3 Å². The van der Waals surface area contributed by atoms with Gasteiger partial charge in [-0.1, -0.05) is 25.1 Å². The number of pyridine rings is 1. The summed E-state index contributed by atoms with van der Waals surface area (Å²) in [6.45, 7) is 9.28. The van der Waals surface area contributed by atoms with Gasteiger partial charge in [-0.15, -0.1) is 0 Å². The smallest absolute Gasteiger partial charge is 0.0422 e. The minimum absolute atomic E-state index is 0.347. The normalized spacial score (nSPS) is 12.4. The summed E-state index contributed by atoms with van der Waals surface area (Å²) in [5, 5.41) is 3.48. The zero-order chi connectivity index (χ0) is 11.1. The van der Waals surface area contributed by atoms with Gasteiger partial charge in [-0.2, -0.15) is 0 Å². The molecule has 2 nitrogen and oxygen atoms in total. The quantitative estimate of drug-likeness (QED) is 0.720. The molecule has 0 radical (unpaired) electrons. The average molecular weight is 204 g/mol. The first-order chi connectivity index (χ1) is 7.24. The van der Waals surface area contributed by atoms with Gasteiger partial charge in [-0.3, -0.25) is 4.98 Å². The van der Waals surface area contributed by atoms with Gasteiger partial charge < -0.3 is 5.32 Å². The van der Waals surface area contributed by atoms with E-state index in [4.69, 9.17) is 0 Å². The van der Waals surface area contributed by atoms with E-state index in [0.717, 1.165) is 25.1 Å². The van der Waals surface area contributed by atoms with E-state index < -0.39 is 0 Å². The molecule has 0 bridgehead atoms. The van der Waals surface area contributed by atoms with Crippen LogP contribution < -0.4 is 5.32 Å². The Morgan fingerprint density at radius 3 is 2.87 bits per heavy atom. The van der Waals surface area contributed by atoms with Gasteiger partial charge in [0, 0.05) is 24.4 Å². The first-order valence-electron chi connectivity index (χ1n) is 5.52. The number of rotatable bonds is 6. The summed E-state index contributed by atoms with van der Waals surface area (Å²) in [6, 6.07) is 6.37. The van der Waals surface area contributed by atoms with Gasteiger partial charge in [-0.05, 0) is 32.0 Å². The van der Waals surface area contributed by atoms with Crippen LogP contribution in [0.25, 0.3) is 0 Å². The Balaban J connectivity index is 2.55. The van der Waals surface area contributed by atoms with Crippen LogP contribution in [-0.4, -0.2) is 17.6 Å². The fourth-order valence-electron chi connectivity index (χ4n) is 1.47. The van der Waals surface area contributed by atoms with Crippen molar-refractivity contribution in [2.75, 3.05) is 6.54 Å². The minimum atomic E-state index is 0.347. The maximum absolute atomic E-state index is 4.33. The highest BCUT2D eigenvalue weighted by atomic mass is 14.9. The van der Waals surface area contributed by atoms with Crippen LogP contribution in [-0.2, 0) is 6.42 Å². The molecule has 0 aromatic carbocycles. The van der Waals surface area contributed by atoms with Crippen molar-refractivity contribution < 1.29 is 0 Å². The van der Waals surface area contributed by atoms with Crippen molar-refractivity contribution in [3.8, 4) is 0 Å². The molecule has 0 amide bonds. The third-order valence-electron chi connectivity index (χ3n) is 2.38. The molecule has 0 aliphatic rings. The molecule has 82 valence electrons.